The van der Waals surface area contributed by atoms with E-state index in [9.17, 15) is 12.8 Å². The van der Waals surface area contributed by atoms with Gasteiger partial charge in [-0.25, -0.2) is 12.8 Å². The number of nitrogens with one attached hydrogen (secondary N) is 1. The monoisotopic (exact) mass is 302 g/mol. The van der Waals surface area contributed by atoms with E-state index in [1.165, 1.54) is 24.6 Å². The number of anilines is 1. The third-order valence-corrected chi connectivity index (χ3v) is 4.66. The Hall–Kier alpha value is -1.58. The first-order chi connectivity index (χ1) is 8.94. The fourth-order valence-electron chi connectivity index (χ4n) is 1.49. The molecule has 0 aliphatic rings. The smallest absolute Gasteiger partial charge is 0.264 e. The molecular formula is C10H11FN4O2S2. The maximum absolute atomic E-state index is 13.7. The highest BCUT2D eigenvalue weighted by atomic mass is 32.2. The third kappa shape index (κ3) is 2.88. The zero-order valence-electron chi connectivity index (χ0n) is 9.92. The molecule has 2 rings (SSSR count). The molecule has 0 radical (unpaired) electrons. The summed E-state index contributed by atoms with van der Waals surface area (Å²) in [6.07, 6.45) is 0. The number of hydrogen-bond donors (Lipinski definition) is 2. The van der Waals surface area contributed by atoms with E-state index in [0.29, 0.717) is 5.56 Å². The van der Waals surface area contributed by atoms with Crippen molar-refractivity contribution in [2.24, 2.45) is 5.73 Å². The van der Waals surface area contributed by atoms with Gasteiger partial charge in [-0.05, 0) is 24.6 Å². The highest BCUT2D eigenvalue weighted by Crippen LogP contribution is 2.23. The molecular weight excluding hydrogens is 291 g/mol. The lowest BCUT2D eigenvalue weighted by atomic mass is 10.1. The van der Waals surface area contributed by atoms with Gasteiger partial charge in [-0.15, -0.1) is 10.2 Å². The quantitative estimate of drug-likeness (QED) is 0.885. The first kappa shape index (κ1) is 13.8. The molecule has 19 heavy (non-hydrogen) atoms. The van der Waals surface area contributed by atoms with Crippen LogP contribution in [0.15, 0.2) is 22.5 Å². The number of sulfonamides is 1. The number of hydrogen-bond acceptors (Lipinski definition) is 6. The van der Waals surface area contributed by atoms with Gasteiger partial charge in [0.2, 0.25) is 5.13 Å². The summed E-state index contributed by atoms with van der Waals surface area (Å²) in [4.78, 5) is -0.150. The highest BCUT2D eigenvalue weighted by Gasteiger charge is 2.21. The van der Waals surface area contributed by atoms with E-state index in [1.807, 2.05) is 0 Å². The Labute approximate surface area is 113 Å². The molecule has 1 heterocycles. The predicted molar refractivity (Wildman–Crippen MR) is 69.7 cm³/mol. The van der Waals surface area contributed by atoms with Crippen molar-refractivity contribution < 1.29 is 12.8 Å². The van der Waals surface area contributed by atoms with Crippen LogP contribution in [0.5, 0.6) is 0 Å². The van der Waals surface area contributed by atoms with Crippen LogP contribution in [0.1, 0.15) is 11.1 Å². The van der Waals surface area contributed by atoms with Gasteiger partial charge in [-0.3, -0.25) is 4.72 Å². The molecule has 9 heteroatoms. The fraction of sp³-hybridized carbons (Fsp3) is 0.200. The van der Waals surface area contributed by atoms with E-state index in [-0.39, 0.29) is 22.1 Å². The lowest BCUT2D eigenvalue weighted by Gasteiger charge is -2.10. The summed E-state index contributed by atoms with van der Waals surface area (Å²) in [6, 6.07) is 2.57. The number of nitrogens with two attached hydrogens (primary N) is 1. The van der Waals surface area contributed by atoms with Gasteiger partial charge in [-0.1, -0.05) is 11.3 Å². The molecule has 1 aromatic heterocycles. The fourth-order valence-corrected chi connectivity index (χ4v) is 3.49. The number of halogens is 1. The van der Waals surface area contributed by atoms with Crippen molar-refractivity contribution in [2.75, 3.05) is 4.72 Å². The van der Waals surface area contributed by atoms with Gasteiger partial charge in [0.25, 0.3) is 10.0 Å². The molecule has 0 amide bonds. The van der Waals surface area contributed by atoms with Crippen LogP contribution in [0, 0.1) is 12.7 Å². The molecule has 0 aliphatic heterocycles. The first-order valence-electron chi connectivity index (χ1n) is 5.22. The summed E-state index contributed by atoms with van der Waals surface area (Å²) in [5.74, 6) is -0.611. The molecule has 3 N–H and O–H groups in total. The van der Waals surface area contributed by atoms with E-state index >= 15 is 0 Å². The SMILES string of the molecule is Cc1c(F)cc(CN)cc1S(=O)(=O)Nc1nncs1. The molecule has 0 saturated heterocycles. The van der Waals surface area contributed by atoms with E-state index < -0.39 is 15.8 Å². The summed E-state index contributed by atoms with van der Waals surface area (Å²) in [5.41, 5.74) is 7.25. The van der Waals surface area contributed by atoms with Crippen molar-refractivity contribution in [3.8, 4) is 0 Å². The molecule has 102 valence electrons. The van der Waals surface area contributed by atoms with Gasteiger partial charge in [0, 0.05) is 12.1 Å². The zero-order chi connectivity index (χ0) is 14.0. The van der Waals surface area contributed by atoms with Crippen LogP contribution in [0.3, 0.4) is 0 Å². The van der Waals surface area contributed by atoms with Crippen LogP contribution < -0.4 is 10.5 Å². The average Bonchev–Trinajstić information content (AvgIpc) is 2.84. The van der Waals surface area contributed by atoms with Crippen molar-refractivity contribution in [3.05, 3.63) is 34.6 Å². The number of rotatable bonds is 4. The van der Waals surface area contributed by atoms with Crippen molar-refractivity contribution in [1.82, 2.24) is 10.2 Å². The lowest BCUT2D eigenvalue weighted by molar-refractivity contribution is 0.589. The van der Waals surface area contributed by atoms with E-state index in [4.69, 9.17) is 5.73 Å². The molecule has 6 nitrogen and oxygen atoms in total. The topological polar surface area (TPSA) is 98.0 Å². The standard InChI is InChI=1S/C10H11FN4O2S2/c1-6-8(11)2-7(4-12)3-9(6)19(16,17)15-10-14-13-5-18-10/h2-3,5H,4,12H2,1H3,(H,14,15). The Morgan fingerprint density at radius 1 is 1.47 bits per heavy atom. The molecule has 0 saturated carbocycles. The largest absolute Gasteiger partial charge is 0.326 e. The minimum absolute atomic E-state index is 0.0363. The van der Waals surface area contributed by atoms with Crippen molar-refractivity contribution in [2.45, 2.75) is 18.4 Å². The Morgan fingerprint density at radius 3 is 2.79 bits per heavy atom. The molecule has 0 bridgehead atoms. The number of nitrogens with zero attached hydrogens (tertiary/aromatic N) is 2. The van der Waals surface area contributed by atoms with Crippen molar-refractivity contribution >= 4 is 26.5 Å². The third-order valence-electron chi connectivity index (χ3n) is 2.46. The van der Waals surface area contributed by atoms with Gasteiger partial charge in [0.05, 0.1) is 4.90 Å². The molecule has 0 fully saturated rings. The Balaban J connectivity index is 2.48. The molecule has 1 aromatic carbocycles. The molecule has 2 aromatic rings. The normalized spacial score (nSPS) is 11.5. The average molecular weight is 302 g/mol. The molecule has 0 aliphatic carbocycles. The van der Waals surface area contributed by atoms with E-state index in [0.717, 1.165) is 11.3 Å². The van der Waals surface area contributed by atoms with Gasteiger partial charge < -0.3 is 5.73 Å². The minimum atomic E-state index is -3.91. The molecule has 0 atom stereocenters. The Bertz CT molecular complexity index is 686. The molecule has 0 unspecified atom stereocenters. The Kier molecular flexibility index (Phi) is 3.78. The van der Waals surface area contributed by atoms with Crippen LogP contribution in [0.2, 0.25) is 0 Å². The zero-order valence-corrected chi connectivity index (χ0v) is 11.6. The van der Waals surface area contributed by atoms with Gasteiger partial charge in [-0.2, -0.15) is 0 Å². The van der Waals surface area contributed by atoms with Gasteiger partial charge >= 0.3 is 0 Å². The van der Waals surface area contributed by atoms with Crippen LogP contribution in [-0.4, -0.2) is 18.6 Å². The second-order valence-electron chi connectivity index (χ2n) is 3.75. The van der Waals surface area contributed by atoms with E-state index in [1.54, 1.807) is 0 Å². The second-order valence-corrected chi connectivity index (χ2v) is 6.24. The van der Waals surface area contributed by atoms with E-state index in [2.05, 4.69) is 14.9 Å². The van der Waals surface area contributed by atoms with Crippen molar-refractivity contribution in [3.63, 3.8) is 0 Å². The van der Waals surface area contributed by atoms with Crippen molar-refractivity contribution in [1.29, 1.82) is 0 Å². The lowest BCUT2D eigenvalue weighted by Crippen LogP contribution is -2.16. The second kappa shape index (κ2) is 5.19. The summed E-state index contributed by atoms with van der Waals surface area (Å²) in [5, 5.41) is 7.23. The van der Waals surface area contributed by atoms with Crippen LogP contribution in [0.4, 0.5) is 9.52 Å². The van der Waals surface area contributed by atoms with Crippen LogP contribution >= 0.6 is 11.3 Å². The Morgan fingerprint density at radius 2 is 2.21 bits per heavy atom. The minimum Gasteiger partial charge on any atom is -0.326 e. The van der Waals surface area contributed by atoms with Gasteiger partial charge in [0.1, 0.15) is 11.3 Å². The van der Waals surface area contributed by atoms with Crippen LogP contribution in [-0.2, 0) is 16.6 Å². The van der Waals surface area contributed by atoms with Gasteiger partial charge in [0.15, 0.2) is 0 Å². The first-order valence-corrected chi connectivity index (χ1v) is 7.58. The maximum atomic E-state index is 13.7. The summed E-state index contributed by atoms with van der Waals surface area (Å²) < 4.78 is 40.2. The summed E-state index contributed by atoms with van der Waals surface area (Å²) in [6.45, 7) is 1.45. The summed E-state index contributed by atoms with van der Waals surface area (Å²) in [7, 11) is -3.91. The summed E-state index contributed by atoms with van der Waals surface area (Å²) >= 11 is 1.03. The molecule has 0 spiro atoms. The highest BCUT2D eigenvalue weighted by molar-refractivity contribution is 7.93. The maximum Gasteiger partial charge on any atom is 0.264 e. The van der Waals surface area contributed by atoms with Crippen LogP contribution in [0.25, 0.3) is 0 Å². The number of aromatic nitrogens is 2. The number of benzene rings is 1. The predicted octanol–water partition coefficient (Wildman–Crippen LogP) is 1.25.